The first-order chi connectivity index (χ1) is 8.66. The molecule has 1 N–H and O–H groups in total. The number of benzene rings is 1. The highest BCUT2D eigenvalue weighted by Crippen LogP contribution is 2.21. The molecule has 0 saturated heterocycles. The number of hydrogen-bond acceptors (Lipinski definition) is 4. The van der Waals surface area contributed by atoms with Crippen LogP contribution in [-0.4, -0.2) is 25.0 Å². The molecular formula is C11H8ClN5S. The zero-order valence-corrected chi connectivity index (χ0v) is 11.0. The first kappa shape index (κ1) is 11.3. The van der Waals surface area contributed by atoms with Gasteiger partial charge < -0.3 is 4.98 Å². The van der Waals surface area contributed by atoms with Crippen molar-refractivity contribution < 1.29 is 0 Å². The topological polar surface area (TPSA) is 59.4 Å². The Morgan fingerprint density at radius 1 is 1.39 bits per heavy atom. The lowest BCUT2D eigenvalue weighted by Gasteiger charge is -2.06. The van der Waals surface area contributed by atoms with Crippen molar-refractivity contribution in [1.82, 2.24) is 25.0 Å². The highest BCUT2D eigenvalue weighted by Gasteiger charge is 2.10. The molecule has 0 atom stereocenters. The summed E-state index contributed by atoms with van der Waals surface area (Å²) < 4.78 is 2.10. The van der Waals surface area contributed by atoms with E-state index in [4.69, 9.17) is 23.8 Å². The highest BCUT2D eigenvalue weighted by molar-refractivity contribution is 7.71. The van der Waals surface area contributed by atoms with Crippen molar-refractivity contribution in [3.63, 3.8) is 0 Å². The van der Waals surface area contributed by atoms with Gasteiger partial charge in [-0.05, 0) is 24.6 Å². The molecule has 2 heterocycles. The molecular weight excluding hydrogens is 270 g/mol. The molecule has 0 radical (unpaired) electrons. The van der Waals surface area contributed by atoms with E-state index in [0.29, 0.717) is 20.8 Å². The summed E-state index contributed by atoms with van der Waals surface area (Å²) in [6.07, 6.45) is 1.53. The number of halogens is 1. The molecule has 3 aromatic rings. The second kappa shape index (κ2) is 4.15. The predicted molar refractivity (Wildman–Crippen MR) is 71.6 cm³/mol. The van der Waals surface area contributed by atoms with Gasteiger partial charge in [0.2, 0.25) is 0 Å². The van der Waals surface area contributed by atoms with Gasteiger partial charge in [-0.25, -0.2) is 4.98 Å². The molecule has 5 nitrogen and oxygen atoms in total. The molecule has 3 rings (SSSR count). The summed E-state index contributed by atoms with van der Waals surface area (Å²) in [7, 11) is 0. The number of aryl methyl sites for hydroxylation is 1. The van der Waals surface area contributed by atoms with E-state index in [1.165, 1.54) is 6.33 Å². The molecule has 90 valence electrons. The van der Waals surface area contributed by atoms with E-state index in [-0.39, 0.29) is 0 Å². The lowest BCUT2D eigenvalue weighted by molar-refractivity contribution is 0.812. The fourth-order valence-electron chi connectivity index (χ4n) is 1.75. The summed E-state index contributed by atoms with van der Waals surface area (Å²) in [6.45, 7) is 1.98. The molecule has 0 saturated carbocycles. The molecule has 0 fully saturated rings. The van der Waals surface area contributed by atoms with Crippen LogP contribution in [0.25, 0.3) is 16.9 Å². The van der Waals surface area contributed by atoms with Gasteiger partial charge in [-0.15, -0.1) is 5.10 Å². The van der Waals surface area contributed by atoms with Crippen LogP contribution in [0.15, 0.2) is 24.5 Å². The zero-order valence-electron chi connectivity index (χ0n) is 9.38. The van der Waals surface area contributed by atoms with Crippen molar-refractivity contribution >= 4 is 35.0 Å². The molecule has 0 aliphatic heterocycles. The molecule has 0 spiro atoms. The van der Waals surface area contributed by atoms with Gasteiger partial charge in [-0.2, -0.15) is 4.68 Å². The lowest BCUT2D eigenvalue weighted by atomic mass is 10.2. The first-order valence-electron chi connectivity index (χ1n) is 5.22. The van der Waals surface area contributed by atoms with Crippen molar-refractivity contribution in [2.24, 2.45) is 0 Å². The van der Waals surface area contributed by atoms with E-state index < -0.39 is 0 Å². The Balaban J connectivity index is 2.36. The Morgan fingerprint density at radius 3 is 3.06 bits per heavy atom. The van der Waals surface area contributed by atoms with Crippen LogP contribution in [0, 0.1) is 11.6 Å². The van der Waals surface area contributed by atoms with Crippen LogP contribution in [0.5, 0.6) is 0 Å². The SMILES string of the molecule is Cc1ccc(Cl)cc1-n1nnc2c(=S)nc[nH]c21. The van der Waals surface area contributed by atoms with Crippen LogP contribution in [0.2, 0.25) is 5.02 Å². The summed E-state index contributed by atoms with van der Waals surface area (Å²) in [6, 6.07) is 5.60. The number of aromatic amines is 1. The van der Waals surface area contributed by atoms with Crippen LogP contribution < -0.4 is 0 Å². The van der Waals surface area contributed by atoms with E-state index in [9.17, 15) is 0 Å². The van der Waals surface area contributed by atoms with Gasteiger partial charge in [0.05, 0.1) is 12.0 Å². The first-order valence-corrected chi connectivity index (χ1v) is 6.01. The Labute approximate surface area is 112 Å². The van der Waals surface area contributed by atoms with Crippen molar-refractivity contribution in [1.29, 1.82) is 0 Å². The average molecular weight is 278 g/mol. The minimum atomic E-state index is 0.426. The maximum Gasteiger partial charge on any atom is 0.167 e. The molecule has 18 heavy (non-hydrogen) atoms. The van der Waals surface area contributed by atoms with Gasteiger partial charge in [0.15, 0.2) is 15.8 Å². The second-order valence-corrected chi connectivity index (χ2v) is 4.66. The summed E-state index contributed by atoms with van der Waals surface area (Å²) in [5, 5.41) is 8.78. The van der Waals surface area contributed by atoms with Gasteiger partial charge in [-0.1, -0.05) is 35.1 Å². The Hall–Kier alpha value is -1.79. The third-order valence-corrected chi connectivity index (χ3v) is 3.19. The van der Waals surface area contributed by atoms with Crippen molar-refractivity contribution in [2.75, 3.05) is 0 Å². The van der Waals surface area contributed by atoms with Crippen LogP contribution in [0.4, 0.5) is 0 Å². The minimum Gasteiger partial charge on any atom is -0.329 e. The Kier molecular flexibility index (Phi) is 2.61. The van der Waals surface area contributed by atoms with Crippen LogP contribution in [-0.2, 0) is 0 Å². The minimum absolute atomic E-state index is 0.426. The van der Waals surface area contributed by atoms with Crippen LogP contribution in [0.3, 0.4) is 0 Å². The van der Waals surface area contributed by atoms with Crippen molar-refractivity contribution in [3.05, 3.63) is 39.8 Å². The third kappa shape index (κ3) is 1.70. The number of aromatic nitrogens is 5. The predicted octanol–water partition coefficient (Wildman–Crippen LogP) is 2.83. The van der Waals surface area contributed by atoms with Crippen molar-refractivity contribution in [3.8, 4) is 5.69 Å². The van der Waals surface area contributed by atoms with Gasteiger partial charge >= 0.3 is 0 Å². The number of nitrogens with one attached hydrogen (secondary N) is 1. The van der Waals surface area contributed by atoms with E-state index in [0.717, 1.165) is 11.3 Å². The lowest BCUT2D eigenvalue weighted by Crippen LogP contribution is -2.00. The standard InChI is InChI=1S/C11H8ClN5S/c1-6-2-3-7(12)4-8(6)17-10-9(15-16-17)11(18)14-5-13-10/h2-5H,1H3,(H,13,14,18). The second-order valence-electron chi connectivity index (χ2n) is 3.84. The molecule has 7 heteroatoms. The van der Waals surface area contributed by atoms with Gasteiger partial charge in [-0.3, -0.25) is 0 Å². The van der Waals surface area contributed by atoms with E-state index in [1.54, 1.807) is 4.68 Å². The largest absolute Gasteiger partial charge is 0.329 e. The number of nitrogens with zero attached hydrogens (tertiary/aromatic N) is 4. The Morgan fingerprint density at radius 2 is 2.22 bits per heavy atom. The summed E-state index contributed by atoms with van der Waals surface area (Å²) in [4.78, 5) is 6.97. The number of fused-ring (bicyclic) bond motifs is 1. The fourth-order valence-corrected chi connectivity index (χ4v) is 2.10. The summed E-state index contributed by atoms with van der Waals surface area (Å²) >= 11 is 11.1. The van der Waals surface area contributed by atoms with Gasteiger partial charge in [0.1, 0.15) is 0 Å². The molecule has 0 unspecified atom stereocenters. The van der Waals surface area contributed by atoms with E-state index in [2.05, 4.69) is 20.3 Å². The third-order valence-electron chi connectivity index (χ3n) is 2.66. The smallest absolute Gasteiger partial charge is 0.167 e. The van der Waals surface area contributed by atoms with Gasteiger partial charge in [0.25, 0.3) is 0 Å². The van der Waals surface area contributed by atoms with E-state index >= 15 is 0 Å². The number of rotatable bonds is 1. The maximum atomic E-state index is 6.01. The number of H-pyrrole nitrogens is 1. The molecule has 0 aliphatic rings. The van der Waals surface area contributed by atoms with Crippen LogP contribution in [0.1, 0.15) is 5.56 Å². The Bertz CT molecular complexity index is 791. The zero-order chi connectivity index (χ0) is 12.7. The molecule has 2 aromatic heterocycles. The quantitative estimate of drug-likeness (QED) is 0.695. The highest BCUT2D eigenvalue weighted by atomic mass is 35.5. The summed E-state index contributed by atoms with van der Waals surface area (Å²) in [5.41, 5.74) is 3.19. The molecule has 0 amide bonds. The van der Waals surface area contributed by atoms with E-state index in [1.807, 2.05) is 25.1 Å². The monoisotopic (exact) mass is 277 g/mol. The normalized spacial score (nSPS) is 11.0. The summed E-state index contributed by atoms with van der Waals surface area (Å²) in [5.74, 6) is 0. The number of hydrogen-bond donors (Lipinski definition) is 1. The maximum absolute atomic E-state index is 6.01. The van der Waals surface area contributed by atoms with Gasteiger partial charge in [0, 0.05) is 5.02 Å². The van der Waals surface area contributed by atoms with Crippen molar-refractivity contribution in [2.45, 2.75) is 6.92 Å². The molecule has 0 bridgehead atoms. The fraction of sp³-hybridized carbons (Fsp3) is 0.0909. The molecule has 1 aromatic carbocycles. The van der Waals surface area contributed by atoms with Crippen LogP contribution >= 0.6 is 23.8 Å². The molecule has 0 aliphatic carbocycles. The average Bonchev–Trinajstić information content (AvgIpc) is 2.77.